The van der Waals surface area contributed by atoms with E-state index in [1.54, 1.807) is 6.08 Å². The molecule has 126 valence electrons. The summed E-state index contributed by atoms with van der Waals surface area (Å²) < 4.78 is 0. The number of aldehydes is 1. The van der Waals surface area contributed by atoms with Gasteiger partial charge in [-0.2, -0.15) is 0 Å². The maximum absolute atomic E-state index is 11.9. The predicted octanol–water partition coefficient (Wildman–Crippen LogP) is 4.55. The number of carboxylic acid groups (broad SMARTS) is 1. The molecule has 2 saturated carbocycles. The Hall–Kier alpha value is -1.64. The van der Waals surface area contributed by atoms with Gasteiger partial charge in [-0.05, 0) is 62.5 Å². The van der Waals surface area contributed by atoms with E-state index in [0.29, 0.717) is 0 Å². The minimum absolute atomic E-state index is 0.0708. The highest BCUT2D eigenvalue weighted by Crippen LogP contribution is 2.61. The number of carbonyl (C=O) groups excluding carboxylic acids is 1. The van der Waals surface area contributed by atoms with E-state index in [1.165, 1.54) is 5.57 Å². The van der Waals surface area contributed by atoms with Crippen molar-refractivity contribution in [3.8, 4) is 0 Å². The zero-order chi connectivity index (χ0) is 17.3. The van der Waals surface area contributed by atoms with Gasteiger partial charge in [-0.1, -0.05) is 37.6 Å². The number of rotatable bonds is 4. The Labute approximate surface area is 139 Å². The summed E-state index contributed by atoms with van der Waals surface area (Å²) in [7, 11) is 0. The minimum atomic E-state index is -0.666. The Bertz CT molecular complexity index is 571. The molecule has 0 heterocycles. The van der Waals surface area contributed by atoms with Crippen LogP contribution in [0, 0.1) is 22.7 Å². The molecule has 2 aliphatic rings. The zero-order valence-corrected chi connectivity index (χ0v) is 14.5. The lowest BCUT2D eigenvalue weighted by molar-refractivity contribution is -0.162. The molecule has 0 aromatic carbocycles. The second-order valence-electron chi connectivity index (χ2n) is 7.72. The van der Waals surface area contributed by atoms with Gasteiger partial charge in [0.05, 0.1) is 5.41 Å². The fourth-order valence-corrected chi connectivity index (χ4v) is 4.91. The first-order valence-corrected chi connectivity index (χ1v) is 8.47. The van der Waals surface area contributed by atoms with Gasteiger partial charge in [-0.15, -0.1) is 0 Å². The van der Waals surface area contributed by atoms with Crippen molar-refractivity contribution in [2.45, 2.75) is 52.9 Å². The number of carboxylic acids is 1. The minimum Gasteiger partial charge on any atom is -0.481 e. The molecule has 0 unspecified atom stereocenters. The third-order valence-corrected chi connectivity index (χ3v) is 6.25. The van der Waals surface area contributed by atoms with Crippen molar-refractivity contribution >= 4 is 12.3 Å². The lowest BCUT2D eigenvalue weighted by Gasteiger charge is -2.56. The average molecular weight is 316 g/mol. The topological polar surface area (TPSA) is 54.4 Å². The van der Waals surface area contributed by atoms with Crippen LogP contribution in [-0.2, 0) is 9.59 Å². The van der Waals surface area contributed by atoms with Crippen LogP contribution < -0.4 is 0 Å². The van der Waals surface area contributed by atoms with Crippen molar-refractivity contribution in [2.24, 2.45) is 22.7 Å². The highest BCUT2D eigenvalue weighted by Gasteiger charge is 2.56. The second kappa shape index (κ2) is 6.46. The largest absolute Gasteiger partial charge is 0.481 e. The van der Waals surface area contributed by atoms with Gasteiger partial charge in [-0.3, -0.25) is 9.59 Å². The first kappa shape index (κ1) is 17.7. The highest BCUT2D eigenvalue weighted by molar-refractivity contribution is 5.75. The van der Waals surface area contributed by atoms with Crippen molar-refractivity contribution in [1.29, 1.82) is 0 Å². The van der Waals surface area contributed by atoms with Gasteiger partial charge in [0, 0.05) is 5.92 Å². The van der Waals surface area contributed by atoms with Gasteiger partial charge in [0.2, 0.25) is 0 Å². The fourth-order valence-electron chi connectivity index (χ4n) is 4.91. The molecule has 4 atom stereocenters. The summed E-state index contributed by atoms with van der Waals surface area (Å²) in [4.78, 5) is 22.5. The number of hydrogen-bond donors (Lipinski definition) is 1. The monoisotopic (exact) mass is 316 g/mol. The molecule has 1 N–H and O–H groups in total. The molecular formula is C20H28O3. The summed E-state index contributed by atoms with van der Waals surface area (Å²) in [6.07, 6.45) is 11.0. The smallest absolute Gasteiger partial charge is 0.309 e. The summed E-state index contributed by atoms with van der Waals surface area (Å²) in [5.74, 6) is -0.326. The van der Waals surface area contributed by atoms with Gasteiger partial charge in [0.25, 0.3) is 0 Å². The summed E-state index contributed by atoms with van der Waals surface area (Å²) >= 11 is 0. The number of carbonyl (C=O) groups is 2. The average Bonchev–Trinajstić information content (AvgIpc) is 2.46. The molecule has 0 amide bonds. The third-order valence-electron chi connectivity index (χ3n) is 6.25. The first-order valence-electron chi connectivity index (χ1n) is 8.47. The van der Waals surface area contributed by atoms with E-state index in [-0.39, 0.29) is 17.3 Å². The van der Waals surface area contributed by atoms with Crippen LogP contribution in [0.25, 0.3) is 0 Å². The lowest BCUT2D eigenvalue weighted by atomic mass is 9.47. The van der Waals surface area contributed by atoms with E-state index < -0.39 is 11.4 Å². The van der Waals surface area contributed by atoms with Gasteiger partial charge in [0.15, 0.2) is 0 Å². The van der Waals surface area contributed by atoms with Crippen molar-refractivity contribution in [1.82, 2.24) is 0 Å². The van der Waals surface area contributed by atoms with Crippen LogP contribution in [-0.4, -0.2) is 17.4 Å². The van der Waals surface area contributed by atoms with Crippen molar-refractivity contribution in [3.05, 3.63) is 36.0 Å². The molecule has 2 aliphatic carbocycles. The quantitative estimate of drug-likeness (QED) is 0.358. The van der Waals surface area contributed by atoms with Gasteiger partial charge in [0.1, 0.15) is 6.29 Å². The van der Waals surface area contributed by atoms with E-state index in [0.717, 1.165) is 44.0 Å². The molecule has 3 heteroatoms. The van der Waals surface area contributed by atoms with Gasteiger partial charge in [-0.25, -0.2) is 0 Å². The molecule has 0 aromatic heterocycles. The van der Waals surface area contributed by atoms with E-state index in [1.807, 2.05) is 19.9 Å². The standard InChI is InChI=1S/C20H28O3/c1-14(10-13-21)6-8-16-15(2)7-9-17-19(16,3)11-5-12-20(17,4)18(22)23/h6,8,10,13,16-17H,2,5,7,9,11-12H2,1,3-4H3,(H,22,23)/b8-6-,14-10+/t16-,17+,19+,20-/m0/s1. The summed E-state index contributed by atoms with van der Waals surface area (Å²) in [6.45, 7) is 10.3. The van der Waals surface area contributed by atoms with Crippen molar-refractivity contribution < 1.29 is 14.7 Å². The van der Waals surface area contributed by atoms with Crippen LogP contribution in [0.4, 0.5) is 0 Å². The van der Waals surface area contributed by atoms with Crippen LogP contribution >= 0.6 is 0 Å². The van der Waals surface area contributed by atoms with Crippen LogP contribution in [0.2, 0.25) is 0 Å². The van der Waals surface area contributed by atoms with Crippen LogP contribution in [0.5, 0.6) is 0 Å². The molecule has 0 saturated heterocycles. The van der Waals surface area contributed by atoms with Gasteiger partial charge < -0.3 is 5.11 Å². The Morgan fingerprint density at radius 1 is 1.35 bits per heavy atom. The maximum atomic E-state index is 11.9. The molecule has 3 nitrogen and oxygen atoms in total. The Morgan fingerprint density at radius 2 is 2.04 bits per heavy atom. The Balaban J connectivity index is 2.39. The normalized spacial score (nSPS) is 38.4. The number of allylic oxidation sites excluding steroid dienone is 5. The molecule has 0 aliphatic heterocycles. The first-order chi connectivity index (χ1) is 10.8. The molecular weight excluding hydrogens is 288 g/mol. The van der Waals surface area contributed by atoms with Crippen LogP contribution in [0.1, 0.15) is 52.9 Å². The van der Waals surface area contributed by atoms with E-state index in [9.17, 15) is 14.7 Å². The van der Waals surface area contributed by atoms with Gasteiger partial charge >= 0.3 is 5.97 Å². The molecule has 0 bridgehead atoms. The second-order valence-corrected chi connectivity index (χ2v) is 7.72. The Morgan fingerprint density at radius 3 is 2.65 bits per heavy atom. The van der Waals surface area contributed by atoms with Crippen LogP contribution in [0.3, 0.4) is 0 Å². The zero-order valence-electron chi connectivity index (χ0n) is 14.5. The van der Waals surface area contributed by atoms with E-state index in [2.05, 4.69) is 19.6 Å². The van der Waals surface area contributed by atoms with Crippen molar-refractivity contribution in [3.63, 3.8) is 0 Å². The predicted molar refractivity (Wildman–Crippen MR) is 92.0 cm³/mol. The molecule has 23 heavy (non-hydrogen) atoms. The SMILES string of the molecule is C=C1CC[C@@H]2[C@](C)(CCC[C@]2(C)C(=O)O)[C@H]1/C=C\C(C)=C\C=O. The number of fused-ring (bicyclic) bond motifs is 1. The maximum Gasteiger partial charge on any atom is 0.309 e. The van der Waals surface area contributed by atoms with Crippen LogP contribution in [0.15, 0.2) is 36.0 Å². The molecule has 0 radical (unpaired) electrons. The summed E-state index contributed by atoms with van der Waals surface area (Å²) in [5.41, 5.74) is 1.38. The highest BCUT2D eigenvalue weighted by atomic mass is 16.4. The lowest BCUT2D eigenvalue weighted by Crippen LogP contribution is -2.53. The molecule has 2 fully saturated rings. The third kappa shape index (κ3) is 3.06. The van der Waals surface area contributed by atoms with Crippen molar-refractivity contribution in [2.75, 3.05) is 0 Å². The molecule has 2 rings (SSSR count). The molecule has 0 aromatic rings. The fraction of sp³-hybridized carbons (Fsp3) is 0.600. The summed E-state index contributed by atoms with van der Waals surface area (Å²) in [6, 6.07) is 0. The Kier molecular flexibility index (Phi) is 4.98. The molecule has 0 spiro atoms. The number of hydrogen-bond acceptors (Lipinski definition) is 2. The number of aliphatic carboxylic acids is 1. The van der Waals surface area contributed by atoms with E-state index >= 15 is 0 Å². The van der Waals surface area contributed by atoms with E-state index in [4.69, 9.17) is 0 Å². The summed E-state index contributed by atoms with van der Waals surface area (Å²) in [5, 5.41) is 9.80.